The van der Waals surface area contributed by atoms with E-state index in [1.54, 1.807) is 18.0 Å². The number of rotatable bonds is 6. The Bertz CT molecular complexity index is 673. The maximum atomic E-state index is 12.6. The molecule has 0 aliphatic carbocycles. The monoisotopic (exact) mass is 329 g/mol. The van der Waals surface area contributed by atoms with Gasteiger partial charge in [0.05, 0.1) is 18.3 Å². The second-order valence-electron chi connectivity index (χ2n) is 5.94. The molecule has 1 aromatic carbocycles. The highest BCUT2D eigenvalue weighted by Gasteiger charge is 2.31. The van der Waals surface area contributed by atoms with Crippen LogP contribution in [0.3, 0.4) is 0 Å². The number of hydrazine groups is 1. The van der Waals surface area contributed by atoms with Gasteiger partial charge in [0.15, 0.2) is 0 Å². The summed E-state index contributed by atoms with van der Waals surface area (Å²) < 4.78 is 6.99. The lowest BCUT2D eigenvalue weighted by Crippen LogP contribution is -2.45. The number of methoxy groups -OCH3 is 1. The van der Waals surface area contributed by atoms with E-state index in [0.717, 1.165) is 5.69 Å². The molecule has 1 amide bonds. The van der Waals surface area contributed by atoms with Crippen molar-refractivity contribution in [3.05, 3.63) is 53.9 Å². The number of hydrogen-bond donors (Lipinski definition) is 3. The molecule has 1 saturated heterocycles. The summed E-state index contributed by atoms with van der Waals surface area (Å²) in [6.45, 7) is 0.396. The van der Waals surface area contributed by atoms with Crippen LogP contribution < -0.4 is 16.2 Å². The van der Waals surface area contributed by atoms with E-state index in [1.807, 2.05) is 31.3 Å². The van der Waals surface area contributed by atoms with Gasteiger partial charge in [-0.25, -0.2) is 10.9 Å². The van der Waals surface area contributed by atoms with Crippen molar-refractivity contribution in [2.24, 2.45) is 7.05 Å². The number of amides is 1. The van der Waals surface area contributed by atoms with E-state index >= 15 is 0 Å². The first-order valence-electron chi connectivity index (χ1n) is 8.02. The van der Waals surface area contributed by atoms with Crippen molar-refractivity contribution in [3.8, 4) is 0 Å². The Labute approximate surface area is 141 Å². The number of nitrogens with zero attached hydrogens (tertiary/aromatic N) is 2. The number of carbonyl (C=O) groups excluding carboxylic acids is 1. The molecule has 2 heterocycles. The first kappa shape index (κ1) is 16.6. The molecule has 3 atom stereocenters. The maximum absolute atomic E-state index is 12.6. The molecule has 1 aromatic heterocycles. The molecular formula is C17H23N5O2. The minimum atomic E-state index is -0.289. The number of carbonyl (C=O) groups is 1. The van der Waals surface area contributed by atoms with Crippen LogP contribution >= 0.6 is 0 Å². The van der Waals surface area contributed by atoms with E-state index in [0.29, 0.717) is 13.0 Å². The Morgan fingerprint density at radius 2 is 2.17 bits per heavy atom. The Morgan fingerprint density at radius 1 is 1.38 bits per heavy atom. The number of aryl methyl sites for hydroxylation is 1. The SMILES string of the molecule is COCC(NC(=O)C1CC(c2ccccc2)NN1)c1ccnn1C. The number of aromatic nitrogens is 2. The van der Waals surface area contributed by atoms with Gasteiger partial charge in [-0.15, -0.1) is 0 Å². The minimum Gasteiger partial charge on any atom is -0.382 e. The molecule has 0 bridgehead atoms. The van der Waals surface area contributed by atoms with Gasteiger partial charge in [0.2, 0.25) is 5.91 Å². The van der Waals surface area contributed by atoms with Crippen LogP contribution in [0.2, 0.25) is 0 Å². The third-order valence-electron chi connectivity index (χ3n) is 4.29. The number of benzene rings is 1. The predicted molar refractivity (Wildman–Crippen MR) is 89.8 cm³/mol. The van der Waals surface area contributed by atoms with E-state index in [2.05, 4.69) is 33.4 Å². The average Bonchev–Trinajstić information content (AvgIpc) is 3.24. The summed E-state index contributed by atoms with van der Waals surface area (Å²) in [6.07, 6.45) is 2.41. The van der Waals surface area contributed by atoms with Crippen molar-refractivity contribution >= 4 is 5.91 Å². The Balaban J connectivity index is 1.63. The zero-order valence-electron chi connectivity index (χ0n) is 13.9. The van der Waals surface area contributed by atoms with Crippen LogP contribution in [0.5, 0.6) is 0 Å². The van der Waals surface area contributed by atoms with Crippen LogP contribution in [0.1, 0.15) is 29.8 Å². The standard InChI is InChI=1S/C17H23N5O2/c1-22-16(8-9-18-22)15(11-24-2)19-17(23)14-10-13(20-21-14)12-6-4-3-5-7-12/h3-9,13-15,20-21H,10-11H2,1-2H3,(H,19,23). The van der Waals surface area contributed by atoms with Crippen molar-refractivity contribution in [2.45, 2.75) is 24.5 Å². The molecule has 128 valence electrons. The third-order valence-corrected chi connectivity index (χ3v) is 4.29. The lowest BCUT2D eigenvalue weighted by molar-refractivity contribution is -0.124. The van der Waals surface area contributed by atoms with E-state index < -0.39 is 0 Å². The minimum absolute atomic E-state index is 0.0517. The fourth-order valence-electron chi connectivity index (χ4n) is 3.00. The Hall–Kier alpha value is -2.22. The Kier molecular flexibility index (Phi) is 5.24. The molecule has 3 N–H and O–H groups in total. The second kappa shape index (κ2) is 7.57. The van der Waals surface area contributed by atoms with Gasteiger partial charge in [0.1, 0.15) is 6.04 Å². The molecule has 2 aromatic rings. The largest absolute Gasteiger partial charge is 0.382 e. The smallest absolute Gasteiger partial charge is 0.239 e. The molecule has 24 heavy (non-hydrogen) atoms. The van der Waals surface area contributed by atoms with Crippen LogP contribution in [-0.4, -0.2) is 35.4 Å². The van der Waals surface area contributed by atoms with Gasteiger partial charge >= 0.3 is 0 Å². The highest BCUT2D eigenvalue weighted by atomic mass is 16.5. The summed E-state index contributed by atoms with van der Waals surface area (Å²) in [5.41, 5.74) is 8.36. The molecule has 3 unspecified atom stereocenters. The van der Waals surface area contributed by atoms with Gasteiger partial charge in [-0.2, -0.15) is 5.10 Å². The topological polar surface area (TPSA) is 80.2 Å². The van der Waals surface area contributed by atoms with Crippen molar-refractivity contribution in [2.75, 3.05) is 13.7 Å². The van der Waals surface area contributed by atoms with Crippen molar-refractivity contribution in [1.29, 1.82) is 0 Å². The van der Waals surface area contributed by atoms with Gasteiger partial charge in [0.25, 0.3) is 0 Å². The lowest BCUT2D eigenvalue weighted by Gasteiger charge is -2.20. The highest BCUT2D eigenvalue weighted by Crippen LogP contribution is 2.22. The molecule has 1 fully saturated rings. The van der Waals surface area contributed by atoms with Crippen LogP contribution in [0.4, 0.5) is 0 Å². The van der Waals surface area contributed by atoms with E-state index in [9.17, 15) is 4.79 Å². The van der Waals surface area contributed by atoms with Gasteiger partial charge in [0, 0.05) is 26.4 Å². The summed E-state index contributed by atoms with van der Waals surface area (Å²) in [6, 6.07) is 11.6. The summed E-state index contributed by atoms with van der Waals surface area (Å²) in [4.78, 5) is 12.6. The van der Waals surface area contributed by atoms with Crippen LogP contribution in [0, 0.1) is 0 Å². The lowest BCUT2D eigenvalue weighted by atomic mass is 10.0. The second-order valence-corrected chi connectivity index (χ2v) is 5.94. The molecule has 1 aliphatic heterocycles. The number of ether oxygens (including phenoxy) is 1. The van der Waals surface area contributed by atoms with Crippen molar-refractivity contribution in [3.63, 3.8) is 0 Å². The van der Waals surface area contributed by atoms with Crippen LogP contribution in [-0.2, 0) is 16.6 Å². The Morgan fingerprint density at radius 3 is 2.83 bits per heavy atom. The molecule has 7 nitrogen and oxygen atoms in total. The number of nitrogens with one attached hydrogen (secondary N) is 3. The first-order chi connectivity index (χ1) is 11.7. The van der Waals surface area contributed by atoms with Gasteiger partial charge < -0.3 is 10.1 Å². The normalized spacial score (nSPS) is 21.6. The zero-order chi connectivity index (χ0) is 16.9. The summed E-state index contributed by atoms with van der Waals surface area (Å²) >= 11 is 0. The number of hydrogen-bond acceptors (Lipinski definition) is 5. The molecule has 3 rings (SSSR count). The highest BCUT2D eigenvalue weighted by molar-refractivity contribution is 5.82. The molecule has 0 saturated carbocycles. The van der Waals surface area contributed by atoms with E-state index in [1.165, 1.54) is 5.56 Å². The predicted octanol–water partition coefficient (Wildman–Crippen LogP) is 0.832. The fraction of sp³-hybridized carbons (Fsp3) is 0.412. The average molecular weight is 329 g/mol. The van der Waals surface area contributed by atoms with Gasteiger partial charge in [-0.1, -0.05) is 30.3 Å². The third kappa shape index (κ3) is 3.64. The summed E-state index contributed by atoms with van der Waals surface area (Å²) in [5.74, 6) is -0.0517. The quantitative estimate of drug-likeness (QED) is 0.731. The summed E-state index contributed by atoms with van der Waals surface area (Å²) in [7, 11) is 3.47. The van der Waals surface area contributed by atoms with Gasteiger partial charge in [-0.05, 0) is 18.1 Å². The maximum Gasteiger partial charge on any atom is 0.239 e. The van der Waals surface area contributed by atoms with Gasteiger partial charge in [-0.3, -0.25) is 9.48 Å². The molecule has 7 heteroatoms. The zero-order valence-corrected chi connectivity index (χ0v) is 13.9. The van der Waals surface area contributed by atoms with Crippen LogP contribution in [0.25, 0.3) is 0 Å². The summed E-state index contributed by atoms with van der Waals surface area (Å²) in [5, 5.41) is 7.21. The van der Waals surface area contributed by atoms with E-state index in [4.69, 9.17) is 4.74 Å². The van der Waals surface area contributed by atoms with Crippen molar-refractivity contribution in [1.82, 2.24) is 25.9 Å². The van der Waals surface area contributed by atoms with Crippen LogP contribution in [0.15, 0.2) is 42.6 Å². The fourth-order valence-corrected chi connectivity index (χ4v) is 3.00. The van der Waals surface area contributed by atoms with E-state index in [-0.39, 0.29) is 24.0 Å². The molecule has 0 spiro atoms. The molecule has 1 aliphatic rings. The van der Waals surface area contributed by atoms with Crippen molar-refractivity contribution < 1.29 is 9.53 Å². The molecule has 0 radical (unpaired) electrons. The first-order valence-corrected chi connectivity index (χ1v) is 8.02. The molecular weight excluding hydrogens is 306 g/mol.